The number of hydrogen-bond donors (Lipinski definition) is 2. The number of carboxylic acid groups (broad SMARTS) is 1. The van der Waals surface area contributed by atoms with Crippen molar-refractivity contribution in [1.82, 2.24) is 15.0 Å². The van der Waals surface area contributed by atoms with Gasteiger partial charge in [-0.15, -0.1) is 5.10 Å². The van der Waals surface area contributed by atoms with Gasteiger partial charge in [-0.2, -0.15) is 0 Å². The summed E-state index contributed by atoms with van der Waals surface area (Å²) in [6, 6.07) is -0.589. The minimum atomic E-state index is -1.02. The van der Waals surface area contributed by atoms with E-state index < -0.39 is 12.0 Å². The van der Waals surface area contributed by atoms with Crippen LogP contribution < -0.4 is 5.73 Å². The fraction of sp³-hybridized carbons (Fsp3) is 0.700. The van der Waals surface area contributed by atoms with Gasteiger partial charge in [0.1, 0.15) is 6.04 Å². The second-order valence-corrected chi connectivity index (χ2v) is 3.81. The molecular formula is C10H18N4O2. The Hall–Kier alpha value is -1.43. The zero-order valence-corrected chi connectivity index (χ0v) is 9.63. The molecule has 0 bridgehead atoms. The lowest BCUT2D eigenvalue weighted by molar-refractivity contribution is -0.138. The average Bonchev–Trinajstić information content (AvgIpc) is 2.68. The van der Waals surface area contributed by atoms with Crippen molar-refractivity contribution in [1.29, 1.82) is 0 Å². The van der Waals surface area contributed by atoms with E-state index in [4.69, 9.17) is 10.8 Å². The van der Waals surface area contributed by atoms with E-state index in [2.05, 4.69) is 24.2 Å². The summed E-state index contributed by atoms with van der Waals surface area (Å²) < 4.78 is 1.78. The van der Waals surface area contributed by atoms with Crippen LogP contribution >= 0.6 is 0 Å². The summed E-state index contributed by atoms with van der Waals surface area (Å²) in [4.78, 5) is 10.6. The molecule has 0 aliphatic heterocycles. The van der Waals surface area contributed by atoms with Crippen molar-refractivity contribution >= 4 is 5.97 Å². The average molecular weight is 226 g/mol. The van der Waals surface area contributed by atoms with Crippen molar-refractivity contribution in [3.05, 3.63) is 11.9 Å². The van der Waals surface area contributed by atoms with Crippen molar-refractivity contribution in [3.8, 4) is 0 Å². The number of aliphatic carboxylic acids is 1. The van der Waals surface area contributed by atoms with E-state index in [1.165, 1.54) is 0 Å². The predicted molar refractivity (Wildman–Crippen MR) is 59.0 cm³/mol. The van der Waals surface area contributed by atoms with Crippen LogP contribution in [0.3, 0.4) is 0 Å². The highest BCUT2D eigenvalue weighted by Crippen LogP contribution is 2.14. The molecule has 0 saturated carbocycles. The minimum Gasteiger partial charge on any atom is -0.480 e. The first-order chi connectivity index (χ1) is 7.58. The van der Waals surface area contributed by atoms with E-state index in [9.17, 15) is 4.79 Å². The van der Waals surface area contributed by atoms with Gasteiger partial charge in [-0.05, 0) is 12.8 Å². The molecule has 1 heterocycles. The highest BCUT2D eigenvalue weighted by molar-refractivity contribution is 5.73. The zero-order chi connectivity index (χ0) is 12.1. The Bertz CT molecular complexity index is 346. The van der Waals surface area contributed by atoms with E-state index in [0.717, 1.165) is 12.8 Å². The van der Waals surface area contributed by atoms with Crippen LogP contribution in [0.5, 0.6) is 0 Å². The third kappa shape index (κ3) is 3.03. The number of hydrogen-bond acceptors (Lipinski definition) is 4. The molecule has 0 amide bonds. The van der Waals surface area contributed by atoms with Crippen LogP contribution in [0.1, 0.15) is 38.4 Å². The molecule has 90 valence electrons. The molecule has 16 heavy (non-hydrogen) atoms. The maximum atomic E-state index is 10.6. The summed E-state index contributed by atoms with van der Waals surface area (Å²) in [5.41, 5.74) is 6.05. The summed E-state index contributed by atoms with van der Waals surface area (Å²) in [5, 5.41) is 16.6. The van der Waals surface area contributed by atoms with Gasteiger partial charge in [0.2, 0.25) is 0 Å². The molecule has 1 rings (SSSR count). The highest BCUT2D eigenvalue weighted by Gasteiger charge is 2.15. The van der Waals surface area contributed by atoms with Gasteiger partial charge in [0.25, 0.3) is 0 Å². The molecule has 1 unspecified atom stereocenters. The maximum absolute atomic E-state index is 10.6. The molecule has 1 aromatic heterocycles. The standard InChI is InChI=1S/C10H18N4O2/c1-3-8(4-2)14-6-7(12-13-14)5-9(11)10(15)16/h6,8-9H,3-5,11H2,1-2H3,(H,15,16). The normalized spacial score (nSPS) is 13.0. The summed E-state index contributed by atoms with van der Waals surface area (Å²) >= 11 is 0. The van der Waals surface area contributed by atoms with Crippen LogP contribution in [0, 0.1) is 0 Å². The molecule has 0 aromatic carbocycles. The fourth-order valence-electron chi connectivity index (χ4n) is 1.56. The largest absolute Gasteiger partial charge is 0.480 e. The monoisotopic (exact) mass is 226 g/mol. The van der Waals surface area contributed by atoms with Gasteiger partial charge in [-0.25, -0.2) is 4.68 Å². The lowest BCUT2D eigenvalue weighted by Crippen LogP contribution is -2.32. The first-order valence-electron chi connectivity index (χ1n) is 5.47. The van der Waals surface area contributed by atoms with Crippen LogP contribution in [0.4, 0.5) is 0 Å². The Labute approximate surface area is 94.4 Å². The molecule has 0 spiro atoms. The van der Waals surface area contributed by atoms with Gasteiger partial charge in [0.05, 0.1) is 11.7 Å². The molecule has 0 fully saturated rings. The number of nitrogens with zero attached hydrogens (tertiary/aromatic N) is 3. The van der Waals surface area contributed by atoms with Gasteiger partial charge in [-0.3, -0.25) is 4.79 Å². The van der Waals surface area contributed by atoms with E-state index in [0.29, 0.717) is 11.7 Å². The third-order valence-electron chi connectivity index (χ3n) is 2.62. The fourth-order valence-corrected chi connectivity index (χ4v) is 1.56. The SMILES string of the molecule is CCC(CC)n1cc(CC(N)C(=O)O)nn1. The zero-order valence-electron chi connectivity index (χ0n) is 9.63. The van der Waals surface area contributed by atoms with Crippen LogP contribution in [0.2, 0.25) is 0 Å². The molecular weight excluding hydrogens is 208 g/mol. The molecule has 6 heteroatoms. The Morgan fingerprint density at radius 2 is 2.19 bits per heavy atom. The molecule has 1 aromatic rings. The molecule has 1 atom stereocenters. The lowest BCUT2D eigenvalue weighted by atomic mass is 10.1. The molecule has 6 nitrogen and oxygen atoms in total. The van der Waals surface area contributed by atoms with Gasteiger partial charge < -0.3 is 10.8 Å². The van der Waals surface area contributed by atoms with Crippen molar-refractivity contribution in [3.63, 3.8) is 0 Å². The van der Waals surface area contributed by atoms with E-state index in [1.807, 2.05) is 0 Å². The van der Waals surface area contributed by atoms with Crippen LogP contribution in [-0.2, 0) is 11.2 Å². The summed E-state index contributed by atoms with van der Waals surface area (Å²) in [7, 11) is 0. The number of carboxylic acids is 1. The van der Waals surface area contributed by atoms with Crippen molar-refractivity contribution < 1.29 is 9.90 Å². The molecule has 0 aliphatic rings. The minimum absolute atomic E-state index is 0.218. The summed E-state index contributed by atoms with van der Waals surface area (Å²) in [6.45, 7) is 4.16. The quantitative estimate of drug-likeness (QED) is 0.740. The third-order valence-corrected chi connectivity index (χ3v) is 2.62. The Morgan fingerprint density at radius 3 is 2.69 bits per heavy atom. The second-order valence-electron chi connectivity index (χ2n) is 3.81. The number of nitrogens with two attached hydrogens (primary N) is 1. The van der Waals surface area contributed by atoms with Crippen LogP contribution in [0.25, 0.3) is 0 Å². The van der Waals surface area contributed by atoms with Gasteiger partial charge in [0.15, 0.2) is 0 Å². The van der Waals surface area contributed by atoms with Gasteiger partial charge in [-0.1, -0.05) is 19.1 Å². The van der Waals surface area contributed by atoms with E-state index in [1.54, 1.807) is 10.9 Å². The smallest absolute Gasteiger partial charge is 0.320 e. The lowest BCUT2D eigenvalue weighted by Gasteiger charge is -2.10. The first kappa shape index (κ1) is 12.6. The Balaban J connectivity index is 2.67. The summed E-state index contributed by atoms with van der Waals surface area (Å²) in [5.74, 6) is -1.02. The number of rotatable bonds is 6. The molecule has 0 radical (unpaired) electrons. The second kappa shape index (κ2) is 5.60. The van der Waals surface area contributed by atoms with Crippen molar-refractivity contribution in [2.24, 2.45) is 5.73 Å². The van der Waals surface area contributed by atoms with E-state index in [-0.39, 0.29) is 6.42 Å². The van der Waals surface area contributed by atoms with Crippen LogP contribution in [-0.4, -0.2) is 32.1 Å². The number of carbonyl (C=O) groups is 1. The maximum Gasteiger partial charge on any atom is 0.320 e. The van der Waals surface area contributed by atoms with Gasteiger partial charge in [0, 0.05) is 12.6 Å². The predicted octanol–water partition coefficient (Wildman–Crippen LogP) is 0.594. The first-order valence-corrected chi connectivity index (χ1v) is 5.47. The van der Waals surface area contributed by atoms with Crippen molar-refractivity contribution in [2.45, 2.75) is 45.2 Å². The Morgan fingerprint density at radius 1 is 1.56 bits per heavy atom. The summed E-state index contributed by atoms with van der Waals surface area (Å²) in [6.07, 6.45) is 3.95. The molecule has 0 saturated heterocycles. The Kier molecular flexibility index (Phi) is 4.42. The van der Waals surface area contributed by atoms with Crippen molar-refractivity contribution in [2.75, 3.05) is 0 Å². The molecule has 0 aliphatic carbocycles. The number of aromatic nitrogens is 3. The van der Waals surface area contributed by atoms with Gasteiger partial charge >= 0.3 is 5.97 Å². The highest BCUT2D eigenvalue weighted by atomic mass is 16.4. The molecule has 3 N–H and O–H groups in total. The van der Waals surface area contributed by atoms with E-state index >= 15 is 0 Å². The van der Waals surface area contributed by atoms with Crippen LogP contribution in [0.15, 0.2) is 6.20 Å². The topological polar surface area (TPSA) is 94.0 Å².